The van der Waals surface area contributed by atoms with Gasteiger partial charge in [0.2, 0.25) is 10.0 Å². The van der Waals surface area contributed by atoms with Crippen LogP contribution < -0.4 is 16.0 Å². The van der Waals surface area contributed by atoms with Crippen LogP contribution in [0, 0.1) is 0 Å². The van der Waals surface area contributed by atoms with Crippen LogP contribution in [0.25, 0.3) is 0 Å². The molecule has 2 aromatic heterocycles. The van der Waals surface area contributed by atoms with Gasteiger partial charge in [0.25, 0.3) is 0 Å². The number of aromatic nitrogens is 1. The first kappa shape index (κ1) is 14.9. The minimum absolute atomic E-state index is 0.0422. The standard InChI is InChI=1S/C12H16N4O2S2/c1-9(7-10-3-2-6-19-10)16-20(17,18)12-8-14-5-4-11(12)15-13/h2-6,8-9,16H,7,13H2,1H3,(H,14,15). The van der Waals surface area contributed by atoms with Gasteiger partial charge in [0.1, 0.15) is 4.90 Å². The highest BCUT2D eigenvalue weighted by Gasteiger charge is 2.21. The van der Waals surface area contributed by atoms with Gasteiger partial charge in [0, 0.05) is 23.3 Å². The molecule has 20 heavy (non-hydrogen) atoms. The molecular formula is C12H16N4O2S2. The molecule has 6 nitrogen and oxygen atoms in total. The van der Waals surface area contributed by atoms with Gasteiger partial charge in [-0.3, -0.25) is 10.8 Å². The fraction of sp³-hybridized carbons (Fsp3) is 0.250. The van der Waals surface area contributed by atoms with Crippen LogP contribution in [-0.2, 0) is 16.4 Å². The molecular weight excluding hydrogens is 296 g/mol. The second kappa shape index (κ2) is 6.31. The van der Waals surface area contributed by atoms with Gasteiger partial charge in [0.05, 0.1) is 5.69 Å². The highest BCUT2D eigenvalue weighted by molar-refractivity contribution is 7.89. The Bertz CT molecular complexity index is 656. The maximum absolute atomic E-state index is 12.3. The van der Waals surface area contributed by atoms with Crippen molar-refractivity contribution in [1.82, 2.24) is 9.71 Å². The van der Waals surface area contributed by atoms with E-state index in [1.165, 1.54) is 18.5 Å². The zero-order valence-corrected chi connectivity index (χ0v) is 12.5. The Labute approximate surface area is 122 Å². The van der Waals surface area contributed by atoms with E-state index in [1.54, 1.807) is 11.3 Å². The third-order valence-corrected chi connectivity index (χ3v) is 5.19. The van der Waals surface area contributed by atoms with Gasteiger partial charge in [-0.15, -0.1) is 11.3 Å². The van der Waals surface area contributed by atoms with Crippen molar-refractivity contribution < 1.29 is 8.42 Å². The number of hydrogen-bond acceptors (Lipinski definition) is 6. The number of nitrogens with zero attached hydrogens (tertiary/aromatic N) is 1. The van der Waals surface area contributed by atoms with E-state index in [9.17, 15) is 8.42 Å². The molecule has 0 aromatic carbocycles. The van der Waals surface area contributed by atoms with Crippen molar-refractivity contribution in [3.63, 3.8) is 0 Å². The second-order valence-electron chi connectivity index (χ2n) is 4.32. The second-order valence-corrected chi connectivity index (χ2v) is 7.04. The third-order valence-electron chi connectivity index (χ3n) is 2.67. The van der Waals surface area contributed by atoms with E-state index in [2.05, 4.69) is 15.1 Å². The van der Waals surface area contributed by atoms with Crippen molar-refractivity contribution >= 4 is 27.0 Å². The fourth-order valence-electron chi connectivity index (χ4n) is 1.81. The number of pyridine rings is 1. The van der Waals surface area contributed by atoms with E-state index in [-0.39, 0.29) is 10.9 Å². The lowest BCUT2D eigenvalue weighted by Crippen LogP contribution is -2.34. The monoisotopic (exact) mass is 312 g/mol. The summed E-state index contributed by atoms with van der Waals surface area (Å²) in [7, 11) is -3.66. The van der Waals surface area contributed by atoms with Crippen LogP contribution >= 0.6 is 11.3 Å². The van der Waals surface area contributed by atoms with Gasteiger partial charge in [0.15, 0.2) is 0 Å². The summed E-state index contributed by atoms with van der Waals surface area (Å²) in [6.07, 6.45) is 3.39. The maximum atomic E-state index is 12.3. The first-order valence-corrected chi connectivity index (χ1v) is 8.34. The van der Waals surface area contributed by atoms with Crippen LogP contribution in [0.3, 0.4) is 0 Å². The van der Waals surface area contributed by atoms with Crippen LogP contribution in [-0.4, -0.2) is 19.4 Å². The summed E-state index contributed by atoms with van der Waals surface area (Å²) >= 11 is 1.60. The summed E-state index contributed by atoms with van der Waals surface area (Å²) in [5.41, 5.74) is 2.68. The molecule has 0 saturated carbocycles. The van der Waals surface area contributed by atoms with Crippen molar-refractivity contribution in [1.29, 1.82) is 0 Å². The van der Waals surface area contributed by atoms with Crippen LogP contribution in [0.1, 0.15) is 11.8 Å². The van der Waals surface area contributed by atoms with Gasteiger partial charge in [-0.2, -0.15) is 0 Å². The Morgan fingerprint density at radius 2 is 2.25 bits per heavy atom. The quantitative estimate of drug-likeness (QED) is 0.552. The fourth-order valence-corrected chi connectivity index (χ4v) is 4.01. The molecule has 1 unspecified atom stereocenters. The van der Waals surface area contributed by atoms with Gasteiger partial charge in [-0.1, -0.05) is 6.07 Å². The van der Waals surface area contributed by atoms with E-state index in [0.717, 1.165) is 4.88 Å². The summed E-state index contributed by atoms with van der Waals surface area (Å²) in [6.45, 7) is 1.82. The molecule has 2 rings (SSSR count). The van der Waals surface area contributed by atoms with Gasteiger partial charge < -0.3 is 5.43 Å². The third kappa shape index (κ3) is 3.54. The van der Waals surface area contributed by atoms with Crippen molar-refractivity contribution in [2.45, 2.75) is 24.3 Å². The van der Waals surface area contributed by atoms with Crippen molar-refractivity contribution in [3.8, 4) is 0 Å². The highest BCUT2D eigenvalue weighted by atomic mass is 32.2. The smallest absolute Gasteiger partial charge is 0.244 e. The Balaban J connectivity index is 2.14. The molecule has 2 heterocycles. The Morgan fingerprint density at radius 3 is 2.90 bits per heavy atom. The summed E-state index contributed by atoms with van der Waals surface area (Å²) in [5.74, 6) is 5.32. The van der Waals surface area contributed by atoms with E-state index in [4.69, 9.17) is 5.84 Å². The number of nitrogens with two attached hydrogens (primary N) is 1. The largest absolute Gasteiger partial charge is 0.323 e. The molecule has 0 bridgehead atoms. The number of rotatable bonds is 6. The van der Waals surface area contributed by atoms with Gasteiger partial charge in [-0.05, 0) is 30.9 Å². The molecule has 4 N–H and O–H groups in total. The molecule has 0 aliphatic carbocycles. The number of sulfonamides is 1. The number of nitrogens with one attached hydrogen (secondary N) is 2. The normalized spacial score (nSPS) is 13.1. The minimum atomic E-state index is -3.66. The van der Waals surface area contributed by atoms with Crippen molar-refractivity contribution in [2.24, 2.45) is 5.84 Å². The lowest BCUT2D eigenvalue weighted by molar-refractivity contribution is 0.560. The summed E-state index contributed by atoms with van der Waals surface area (Å²) < 4.78 is 27.2. The molecule has 0 aliphatic heterocycles. The lowest BCUT2D eigenvalue weighted by Gasteiger charge is -2.15. The molecule has 1 atom stereocenters. The zero-order chi connectivity index (χ0) is 14.6. The summed E-state index contributed by atoms with van der Waals surface area (Å²) in [4.78, 5) is 5.00. The molecule has 0 amide bonds. The van der Waals surface area contributed by atoms with Gasteiger partial charge in [-0.25, -0.2) is 13.1 Å². The maximum Gasteiger partial charge on any atom is 0.244 e. The number of hydrazine groups is 1. The number of hydrogen-bond donors (Lipinski definition) is 3. The van der Waals surface area contributed by atoms with Crippen LogP contribution in [0.5, 0.6) is 0 Å². The zero-order valence-electron chi connectivity index (χ0n) is 10.9. The number of anilines is 1. The number of thiophene rings is 1. The van der Waals surface area contributed by atoms with Crippen LogP contribution in [0.4, 0.5) is 5.69 Å². The van der Waals surface area contributed by atoms with E-state index in [0.29, 0.717) is 12.1 Å². The Kier molecular flexibility index (Phi) is 4.71. The average molecular weight is 312 g/mol. The summed E-state index contributed by atoms with van der Waals surface area (Å²) in [6, 6.07) is 5.22. The predicted octanol–water partition coefficient (Wildman–Crippen LogP) is 1.34. The summed E-state index contributed by atoms with van der Waals surface area (Å²) in [5, 5.41) is 1.97. The predicted molar refractivity (Wildman–Crippen MR) is 79.9 cm³/mol. The Morgan fingerprint density at radius 1 is 1.45 bits per heavy atom. The molecule has 0 fully saturated rings. The lowest BCUT2D eigenvalue weighted by atomic mass is 10.2. The van der Waals surface area contributed by atoms with Crippen LogP contribution in [0.2, 0.25) is 0 Å². The average Bonchev–Trinajstić information content (AvgIpc) is 2.90. The van der Waals surface area contributed by atoms with Crippen molar-refractivity contribution in [2.75, 3.05) is 5.43 Å². The molecule has 8 heteroatoms. The van der Waals surface area contributed by atoms with Crippen LogP contribution in [0.15, 0.2) is 40.9 Å². The van der Waals surface area contributed by atoms with Gasteiger partial charge >= 0.3 is 0 Å². The first-order chi connectivity index (χ1) is 9.53. The molecule has 0 radical (unpaired) electrons. The SMILES string of the molecule is CC(Cc1cccs1)NS(=O)(=O)c1cnccc1NN. The molecule has 108 valence electrons. The van der Waals surface area contributed by atoms with E-state index in [1.807, 2.05) is 24.4 Å². The Hall–Kier alpha value is -1.48. The number of nitrogen functional groups attached to an aromatic ring is 1. The molecule has 2 aromatic rings. The van der Waals surface area contributed by atoms with E-state index < -0.39 is 10.0 Å². The van der Waals surface area contributed by atoms with Crippen molar-refractivity contribution in [3.05, 3.63) is 40.8 Å². The topological polar surface area (TPSA) is 97.1 Å². The molecule has 0 saturated heterocycles. The molecule has 0 aliphatic rings. The highest BCUT2D eigenvalue weighted by Crippen LogP contribution is 2.19. The minimum Gasteiger partial charge on any atom is -0.323 e. The van der Waals surface area contributed by atoms with E-state index >= 15 is 0 Å². The first-order valence-electron chi connectivity index (χ1n) is 5.98. The molecule has 0 spiro atoms.